The van der Waals surface area contributed by atoms with E-state index >= 15 is 0 Å². The Balaban J connectivity index is 2.01. The summed E-state index contributed by atoms with van der Waals surface area (Å²) in [5.41, 5.74) is 1.57. The van der Waals surface area contributed by atoms with E-state index < -0.39 is 0 Å². The summed E-state index contributed by atoms with van der Waals surface area (Å²) in [5.74, 6) is 0.989. The summed E-state index contributed by atoms with van der Waals surface area (Å²) in [5, 5.41) is 10.3. The number of H-pyrrole nitrogens is 1. The van der Waals surface area contributed by atoms with Gasteiger partial charge in [0.2, 0.25) is 0 Å². The Bertz CT molecular complexity index is 425. The van der Waals surface area contributed by atoms with Gasteiger partial charge in [-0.3, -0.25) is 9.89 Å². The Labute approximate surface area is 114 Å². The van der Waals surface area contributed by atoms with Crippen molar-refractivity contribution in [1.29, 1.82) is 0 Å². The number of amides is 1. The van der Waals surface area contributed by atoms with Gasteiger partial charge in [0.05, 0.1) is 0 Å². The van der Waals surface area contributed by atoms with Crippen molar-refractivity contribution in [3.63, 3.8) is 0 Å². The van der Waals surface area contributed by atoms with Crippen molar-refractivity contribution in [2.45, 2.75) is 32.6 Å². The van der Waals surface area contributed by atoms with E-state index in [2.05, 4.69) is 29.4 Å². The van der Waals surface area contributed by atoms with Crippen molar-refractivity contribution < 1.29 is 4.79 Å². The largest absolute Gasteiger partial charge is 0.337 e. The highest BCUT2D eigenvalue weighted by Gasteiger charge is 2.25. The Morgan fingerprint density at radius 1 is 1.63 bits per heavy atom. The van der Waals surface area contributed by atoms with Crippen molar-refractivity contribution >= 4 is 5.91 Å². The summed E-state index contributed by atoms with van der Waals surface area (Å²) in [7, 11) is 1.96. The van der Waals surface area contributed by atoms with Crippen LogP contribution < -0.4 is 5.32 Å². The predicted molar refractivity (Wildman–Crippen MR) is 75.2 cm³/mol. The van der Waals surface area contributed by atoms with Gasteiger partial charge in [0, 0.05) is 18.8 Å². The summed E-state index contributed by atoms with van der Waals surface area (Å²) < 4.78 is 0. The maximum atomic E-state index is 12.4. The molecular formula is C14H24N4O. The zero-order valence-electron chi connectivity index (χ0n) is 12.1. The molecular weight excluding hydrogens is 240 g/mol. The molecule has 1 unspecified atom stereocenters. The quantitative estimate of drug-likeness (QED) is 0.868. The van der Waals surface area contributed by atoms with Crippen molar-refractivity contribution in [3.05, 3.63) is 17.5 Å². The Morgan fingerprint density at radius 3 is 3.05 bits per heavy atom. The molecule has 2 rings (SSSR count). The standard InChI is InChI=1S/C14H24N4O/c1-10(2)12-7-13(17-16-12)14(19)18-6-4-5-11(9-18)8-15-3/h7,10-11,15H,4-6,8-9H2,1-3H3,(H,16,17). The minimum absolute atomic E-state index is 0.0592. The smallest absolute Gasteiger partial charge is 0.274 e. The summed E-state index contributed by atoms with van der Waals surface area (Å²) in [6.07, 6.45) is 2.28. The molecule has 1 aliphatic heterocycles. The third-order valence-corrected chi connectivity index (χ3v) is 3.74. The average molecular weight is 264 g/mol. The Kier molecular flexibility index (Phi) is 4.58. The molecule has 0 radical (unpaired) electrons. The number of carbonyl (C=O) groups is 1. The molecule has 106 valence electrons. The molecule has 1 atom stereocenters. The zero-order valence-corrected chi connectivity index (χ0v) is 12.1. The van der Waals surface area contributed by atoms with Gasteiger partial charge >= 0.3 is 0 Å². The lowest BCUT2D eigenvalue weighted by Gasteiger charge is -2.32. The van der Waals surface area contributed by atoms with Crippen LogP contribution in [0.1, 0.15) is 48.8 Å². The molecule has 1 amide bonds. The highest BCUT2D eigenvalue weighted by molar-refractivity contribution is 5.92. The molecule has 1 fully saturated rings. The topological polar surface area (TPSA) is 61.0 Å². The fraction of sp³-hybridized carbons (Fsp3) is 0.714. The van der Waals surface area contributed by atoms with Crippen molar-refractivity contribution in [2.24, 2.45) is 5.92 Å². The molecule has 1 saturated heterocycles. The van der Waals surface area contributed by atoms with Gasteiger partial charge in [0.15, 0.2) is 0 Å². The Morgan fingerprint density at radius 2 is 2.42 bits per heavy atom. The van der Waals surface area contributed by atoms with Crippen LogP contribution in [0.4, 0.5) is 0 Å². The number of carbonyl (C=O) groups excluding carboxylic acids is 1. The highest BCUT2D eigenvalue weighted by Crippen LogP contribution is 2.19. The normalized spacial score (nSPS) is 20.0. The third-order valence-electron chi connectivity index (χ3n) is 3.74. The number of likely N-dealkylation sites (tertiary alicyclic amines) is 1. The Hall–Kier alpha value is -1.36. The number of aromatic amines is 1. The van der Waals surface area contributed by atoms with Gasteiger partial charge in [-0.05, 0) is 44.3 Å². The molecule has 1 aromatic rings. The number of hydrogen-bond acceptors (Lipinski definition) is 3. The minimum atomic E-state index is 0.0592. The fourth-order valence-corrected chi connectivity index (χ4v) is 2.61. The predicted octanol–water partition coefficient (Wildman–Crippen LogP) is 1.60. The first-order valence-electron chi connectivity index (χ1n) is 7.11. The molecule has 2 heterocycles. The number of rotatable bonds is 4. The van der Waals surface area contributed by atoms with Crippen LogP contribution >= 0.6 is 0 Å². The molecule has 1 aromatic heterocycles. The lowest BCUT2D eigenvalue weighted by atomic mass is 9.98. The molecule has 0 saturated carbocycles. The molecule has 1 aliphatic rings. The molecule has 2 N–H and O–H groups in total. The second-order valence-electron chi connectivity index (χ2n) is 5.68. The van der Waals surface area contributed by atoms with Crippen molar-refractivity contribution in [2.75, 3.05) is 26.7 Å². The van der Waals surface area contributed by atoms with Crippen molar-refractivity contribution in [3.8, 4) is 0 Å². The second kappa shape index (κ2) is 6.19. The van der Waals surface area contributed by atoms with Crippen LogP contribution in [0.2, 0.25) is 0 Å². The van der Waals surface area contributed by atoms with E-state index in [0.29, 0.717) is 17.5 Å². The van der Waals surface area contributed by atoms with Gasteiger partial charge in [0.25, 0.3) is 5.91 Å². The first-order chi connectivity index (χ1) is 9.11. The lowest BCUT2D eigenvalue weighted by molar-refractivity contribution is 0.0668. The minimum Gasteiger partial charge on any atom is -0.337 e. The van der Waals surface area contributed by atoms with Crippen LogP contribution in [0.25, 0.3) is 0 Å². The van der Waals surface area contributed by atoms with E-state index in [9.17, 15) is 4.79 Å². The van der Waals surface area contributed by atoms with E-state index in [-0.39, 0.29) is 5.91 Å². The van der Waals surface area contributed by atoms with Gasteiger partial charge in [-0.2, -0.15) is 5.10 Å². The van der Waals surface area contributed by atoms with Gasteiger partial charge in [0.1, 0.15) is 5.69 Å². The lowest BCUT2D eigenvalue weighted by Crippen LogP contribution is -2.42. The second-order valence-corrected chi connectivity index (χ2v) is 5.68. The van der Waals surface area contributed by atoms with E-state index in [0.717, 1.165) is 31.7 Å². The van der Waals surface area contributed by atoms with Crippen LogP contribution in [0.5, 0.6) is 0 Å². The summed E-state index contributed by atoms with van der Waals surface area (Å²) in [4.78, 5) is 14.3. The van der Waals surface area contributed by atoms with Crippen LogP contribution in [0.3, 0.4) is 0 Å². The third kappa shape index (κ3) is 3.35. The number of hydrogen-bond donors (Lipinski definition) is 2. The average Bonchev–Trinajstić information content (AvgIpc) is 2.88. The maximum Gasteiger partial charge on any atom is 0.274 e. The van der Waals surface area contributed by atoms with Crippen LogP contribution in [-0.4, -0.2) is 47.7 Å². The molecule has 0 aromatic carbocycles. The summed E-state index contributed by atoms with van der Waals surface area (Å²) >= 11 is 0. The molecule has 5 nitrogen and oxygen atoms in total. The molecule has 0 bridgehead atoms. The van der Waals surface area contributed by atoms with Crippen LogP contribution in [0.15, 0.2) is 6.07 Å². The highest BCUT2D eigenvalue weighted by atomic mass is 16.2. The van der Waals surface area contributed by atoms with Crippen LogP contribution in [0, 0.1) is 5.92 Å². The van der Waals surface area contributed by atoms with E-state index in [1.165, 1.54) is 6.42 Å². The number of nitrogens with one attached hydrogen (secondary N) is 2. The fourth-order valence-electron chi connectivity index (χ4n) is 2.61. The molecule has 19 heavy (non-hydrogen) atoms. The van der Waals surface area contributed by atoms with Crippen molar-refractivity contribution in [1.82, 2.24) is 20.4 Å². The SMILES string of the molecule is CNCC1CCCN(C(=O)c2cc(C(C)C)[nH]n2)C1. The summed E-state index contributed by atoms with van der Waals surface area (Å²) in [6, 6.07) is 1.88. The van der Waals surface area contributed by atoms with Crippen LogP contribution in [-0.2, 0) is 0 Å². The van der Waals surface area contributed by atoms with E-state index in [1.54, 1.807) is 0 Å². The van der Waals surface area contributed by atoms with Gasteiger partial charge < -0.3 is 10.2 Å². The van der Waals surface area contributed by atoms with Gasteiger partial charge in [-0.1, -0.05) is 13.8 Å². The van der Waals surface area contributed by atoms with E-state index in [4.69, 9.17) is 0 Å². The van der Waals surface area contributed by atoms with Gasteiger partial charge in [-0.25, -0.2) is 0 Å². The number of nitrogens with zero attached hydrogens (tertiary/aromatic N) is 2. The monoisotopic (exact) mass is 264 g/mol. The summed E-state index contributed by atoms with van der Waals surface area (Å²) in [6.45, 7) is 6.84. The first-order valence-corrected chi connectivity index (χ1v) is 7.11. The van der Waals surface area contributed by atoms with Gasteiger partial charge in [-0.15, -0.1) is 0 Å². The molecule has 0 spiro atoms. The molecule has 5 heteroatoms. The van der Waals surface area contributed by atoms with E-state index in [1.807, 2.05) is 18.0 Å². The number of aromatic nitrogens is 2. The first kappa shape index (κ1) is 14.1. The molecule has 0 aliphatic carbocycles. The maximum absolute atomic E-state index is 12.4. The number of piperidine rings is 1. The zero-order chi connectivity index (χ0) is 13.8.